The molecule has 0 saturated carbocycles. The van der Waals surface area contributed by atoms with Crippen molar-refractivity contribution in [2.45, 2.75) is 17.2 Å². The number of anilines is 1. The quantitative estimate of drug-likeness (QED) is 0.281. The number of nitrogens with one attached hydrogen (secondary N) is 1. The molecule has 0 spiro atoms. The number of carbonyl (C=O) groups is 2. The van der Waals surface area contributed by atoms with E-state index >= 15 is 0 Å². The van der Waals surface area contributed by atoms with E-state index in [0.717, 1.165) is 20.3 Å². The van der Waals surface area contributed by atoms with E-state index < -0.39 is 11.9 Å². The topological polar surface area (TPSA) is 86.8 Å². The minimum atomic E-state index is -0.446. The van der Waals surface area contributed by atoms with Gasteiger partial charge in [0.2, 0.25) is 0 Å². The van der Waals surface area contributed by atoms with Gasteiger partial charge in [-0.25, -0.2) is 4.98 Å². The second kappa shape index (κ2) is 10.8. The van der Waals surface area contributed by atoms with Crippen molar-refractivity contribution in [1.29, 1.82) is 0 Å². The Labute approximate surface area is 182 Å². The number of aromatic nitrogens is 1. The second-order valence-electron chi connectivity index (χ2n) is 6.17. The van der Waals surface area contributed by atoms with Crippen molar-refractivity contribution in [3.8, 4) is 11.5 Å². The molecule has 0 saturated heterocycles. The van der Waals surface area contributed by atoms with E-state index in [1.54, 1.807) is 41.3 Å². The number of methoxy groups -OCH3 is 2. The molecule has 158 valence electrons. The number of rotatable bonds is 10. The molecule has 7 nitrogen and oxygen atoms in total. The highest BCUT2D eigenvalue weighted by Gasteiger charge is 2.12. The fraction of sp³-hybridized carbons (Fsp3) is 0.286. The lowest BCUT2D eigenvalue weighted by molar-refractivity contribution is -0.147. The molecule has 1 N–H and O–H groups in total. The Morgan fingerprint density at radius 2 is 1.97 bits per heavy atom. The van der Waals surface area contributed by atoms with E-state index in [1.165, 1.54) is 14.2 Å². The van der Waals surface area contributed by atoms with E-state index in [1.807, 2.05) is 24.3 Å². The van der Waals surface area contributed by atoms with Gasteiger partial charge in [-0.2, -0.15) is 0 Å². The van der Waals surface area contributed by atoms with E-state index in [2.05, 4.69) is 10.3 Å². The van der Waals surface area contributed by atoms with Crippen LogP contribution in [0.4, 0.5) is 5.69 Å². The average Bonchev–Trinajstić information content (AvgIpc) is 3.18. The third-order valence-electron chi connectivity index (χ3n) is 4.07. The number of nitrogens with zero attached hydrogens (tertiary/aromatic N) is 1. The fourth-order valence-corrected chi connectivity index (χ4v) is 4.68. The Morgan fingerprint density at radius 3 is 2.73 bits per heavy atom. The first-order valence-electron chi connectivity index (χ1n) is 9.25. The number of hydrogen-bond donors (Lipinski definition) is 1. The number of esters is 1. The molecule has 0 bridgehead atoms. The zero-order valence-electron chi connectivity index (χ0n) is 16.7. The van der Waals surface area contributed by atoms with Crippen molar-refractivity contribution in [1.82, 2.24) is 4.98 Å². The highest BCUT2D eigenvalue weighted by atomic mass is 32.2. The van der Waals surface area contributed by atoms with Crippen LogP contribution in [0.5, 0.6) is 11.5 Å². The molecule has 0 atom stereocenters. The number of fused-ring (bicyclic) bond motifs is 1. The summed E-state index contributed by atoms with van der Waals surface area (Å²) in [6, 6.07) is 13.0. The highest BCUT2D eigenvalue weighted by Crippen LogP contribution is 2.30. The largest absolute Gasteiger partial charge is 0.497 e. The van der Waals surface area contributed by atoms with Gasteiger partial charge in [0.05, 0.1) is 30.1 Å². The first-order valence-corrected chi connectivity index (χ1v) is 11.0. The van der Waals surface area contributed by atoms with Gasteiger partial charge in [0.25, 0.3) is 5.91 Å². The molecule has 0 unspecified atom stereocenters. The molecule has 9 heteroatoms. The van der Waals surface area contributed by atoms with Crippen molar-refractivity contribution in [2.75, 3.05) is 31.9 Å². The maximum absolute atomic E-state index is 12.1. The lowest BCUT2D eigenvalue weighted by Crippen LogP contribution is -2.21. The fourth-order valence-electron chi connectivity index (χ4n) is 2.61. The van der Waals surface area contributed by atoms with Crippen molar-refractivity contribution in [3.05, 3.63) is 42.5 Å². The molecule has 0 aliphatic rings. The monoisotopic (exact) mass is 446 g/mol. The number of benzene rings is 2. The van der Waals surface area contributed by atoms with Crippen LogP contribution in [0.3, 0.4) is 0 Å². The van der Waals surface area contributed by atoms with Gasteiger partial charge in [-0.3, -0.25) is 9.59 Å². The molecule has 3 aromatic rings. The average molecular weight is 447 g/mol. The van der Waals surface area contributed by atoms with Gasteiger partial charge in [-0.15, -0.1) is 11.3 Å². The Balaban J connectivity index is 1.37. The predicted octanol–water partition coefficient (Wildman–Crippen LogP) is 4.37. The summed E-state index contributed by atoms with van der Waals surface area (Å²) in [5.74, 6) is 0.963. The number of ether oxygens (including phenoxy) is 3. The summed E-state index contributed by atoms with van der Waals surface area (Å²) in [5, 5.41) is 2.66. The molecule has 2 aromatic carbocycles. The maximum Gasteiger partial charge on any atom is 0.306 e. The summed E-state index contributed by atoms with van der Waals surface area (Å²) in [6.07, 6.45) is 0.887. The van der Waals surface area contributed by atoms with Crippen molar-refractivity contribution < 1.29 is 23.8 Å². The Bertz CT molecular complexity index is 989. The Hall–Kier alpha value is -2.78. The van der Waals surface area contributed by atoms with Crippen LogP contribution in [0.15, 0.2) is 46.8 Å². The van der Waals surface area contributed by atoms with Gasteiger partial charge < -0.3 is 19.5 Å². The van der Waals surface area contributed by atoms with Gasteiger partial charge in [-0.05, 0) is 30.7 Å². The Morgan fingerprint density at radius 1 is 1.13 bits per heavy atom. The van der Waals surface area contributed by atoms with Crippen LogP contribution in [0, 0.1) is 0 Å². The number of para-hydroxylation sites is 1. The molecule has 1 amide bonds. The molecule has 3 rings (SSSR count). The lowest BCUT2D eigenvalue weighted by atomic mass is 10.2. The molecule has 1 aromatic heterocycles. The van der Waals surface area contributed by atoms with Crippen LogP contribution in [-0.2, 0) is 14.3 Å². The number of thiazole rings is 1. The Kier molecular flexibility index (Phi) is 7.92. The van der Waals surface area contributed by atoms with Crippen LogP contribution >= 0.6 is 23.1 Å². The minimum absolute atomic E-state index is 0.244. The number of amides is 1. The summed E-state index contributed by atoms with van der Waals surface area (Å²) in [6.45, 7) is -0.357. The first-order chi connectivity index (χ1) is 14.6. The van der Waals surface area contributed by atoms with E-state index in [9.17, 15) is 9.59 Å². The summed E-state index contributed by atoms with van der Waals surface area (Å²) < 4.78 is 17.5. The highest BCUT2D eigenvalue weighted by molar-refractivity contribution is 8.01. The molecule has 0 radical (unpaired) electrons. The second-order valence-corrected chi connectivity index (χ2v) is 8.55. The number of thioether (sulfide) groups is 1. The molecule has 0 aliphatic heterocycles. The smallest absolute Gasteiger partial charge is 0.306 e. The van der Waals surface area contributed by atoms with E-state index in [0.29, 0.717) is 23.6 Å². The van der Waals surface area contributed by atoms with Crippen LogP contribution in [0.2, 0.25) is 0 Å². The van der Waals surface area contributed by atoms with Crippen molar-refractivity contribution >= 4 is 50.9 Å². The van der Waals surface area contributed by atoms with E-state index in [4.69, 9.17) is 14.2 Å². The van der Waals surface area contributed by atoms with Gasteiger partial charge in [0.15, 0.2) is 10.9 Å². The van der Waals surface area contributed by atoms with Crippen LogP contribution < -0.4 is 14.8 Å². The van der Waals surface area contributed by atoms with Gasteiger partial charge in [0, 0.05) is 18.2 Å². The van der Waals surface area contributed by atoms with Crippen molar-refractivity contribution in [2.24, 2.45) is 0 Å². The molecule has 1 heterocycles. The number of carbonyl (C=O) groups excluding carboxylic acids is 2. The summed E-state index contributed by atoms with van der Waals surface area (Å²) >= 11 is 3.26. The molecular formula is C21H22N2O5S2. The molecule has 0 fully saturated rings. The lowest BCUT2D eigenvalue weighted by Gasteiger charge is -2.12. The maximum atomic E-state index is 12.1. The standard InChI is InChI=1S/C21H22N2O5S2/c1-26-14-9-10-17(27-2)16(12-14)22-19(24)13-28-20(25)8-5-11-29-21-23-15-6-3-4-7-18(15)30-21/h3-4,6-7,9-10,12H,5,8,11,13H2,1-2H3,(H,22,24). The summed E-state index contributed by atoms with van der Waals surface area (Å²) in [5.41, 5.74) is 1.44. The van der Waals surface area contributed by atoms with Crippen LogP contribution in [0.1, 0.15) is 12.8 Å². The zero-order chi connectivity index (χ0) is 21.3. The zero-order valence-corrected chi connectivity index (χ0v) is 18.3. The predicted molar refractivity (Wildman–Crippen MR) is 119 cm³/mol. The third-order valence-corrected chi connectivity index (χ3v) is 6.34. The molecular weight excluding hydrogens is 424 g/mol. The summed E-state index contributed by atoms with van der Waals surface area (Å²) in [7, 11) is 3.04. The van der Waals surface area contributed by atoms with Gasteiger partial charge in [0.1, 0.15) is 11.5 Å². The van der Waals surface area contributed by atoms with E-state index in [-0.39, 0.29) is 13.0 Å². The minimum Gasteiger partial charge on any atom is -0.497 e. The summed E-state index contributed by atoms with van der Waals surface area (Å²) in [4.78, 5) is 28.5. The number of hydrogen-bond acceptors (Lipinski definition) is 8. The first kappa shape index (κ1) is 21.9. The van der Waals surface area contributed by atoms with Crippen LogP contribution in [0.25, 0.3) is 10.2 Å². The van der Waals surface area contributed by atoms with Gasteiger partial charge >= 0.3 is 5.97 Å². The normalized spacial score (nSPS) is 10.6. The van der Waals surface area contributed by atoms with Crippen LogP contribution in [-0.4, -0.2) is 43.4 Å². The SMILES string of the molecule is COc1ccc(OC)c(NC(=O)COC(=O)CCCSc2nc3ccccc3s2)c1. The van der Waals surface area contributed by atoms with Crippen molar-refractivity contribution in [3.63, 3.8) is 0 Å². The molecule has 30 heavy (non-hydrogen) atoms. The molecule has 0 aliphatic carbocycles. The third kappa shape index (κ3) is 6.11. The van der Waals surface area contributed by atoms with Gasteiger partial charge in [-0.1, -0.05) is 23.9 Å².